The van der Waals surface area contributed by atoms with Crippen LogP contribution in [0.4, 0.5) is 4.39 Å². The van der Waals surface area contributed by atoms with Crippen LogP contribution in [0.1, 0.15) is 6.42 Å². The van der Waals surface area contributed by atoms with E-state index in [2.05, 4.69) is 9.44 Å². The van der Waals surface area contributed by atoms with E-state index in [4.69, 9.17) is 0 Å². The van der Waals surface area contributed by atoms with Crippen LogP contribution in [-0.2, 0) is 20.0 Å². The van der Waals surface area contributed by atoms with Crippen molar-refractivity contribution < 1.29 is 21.2 Å². The van der Waals surface area contributed by atoms with Crippen molar-refractivity contribution in [2.24, 2.45) is 0 Å². The Balaban J connectivity index is 2.51. The zero-order valence-corrected chi connectivity index (χ0v) is 11.9. The Bertz CT molecular complexity index is 629. The third-order valence-electron chi connectivity index (χ3n) is 2.14. The molecular formula is C10H15FN2O4S2. The van der Waals surface area contributed by atoms with Crippen LogP contribution < -0.4 is 9.44 Å². The first-order chi connectivity index (χ1) is 8.72. The number of benzene rings is 1. The van der Waals surface area contributed by atoms with Crippen LogP contribution in [0.2, 0.25) is 0 Å². The highest BCUT2D eigenvalue weighted by Gasteiger charge is 2.17. The molecule has 0 atom stereocenters. The first kappa shape index (κ1) is 16.0. The zero-order chi connectivity index (χ0) is 14.5. The summed E-state index contributed by atoms with van der Waals surface area (Å²) in [5.41, 5.74) is 0. The van der Waals surface area contributed by atoms with Gasteiger partial charge in [0.15, 0.2) is 0 Å². The second-order valence-electron chi connectivity index (χ2n) is 3.85. The molecule has 0 unspecified atom stereocenters. The van der Waals surface area contributed by atoms with Gasteiger partial charge in [0.25, 0.3) is 0 Å². The average molecular weight is 310 g/mol. The quantitative estimate of drug-likeness (QED) is 0.696. The first-order valence-corrected chi connectivity index (χ1v) is 8.79. The molecule has 1 rings (SSSR count). The van der Waals surface area contributed by atoms with Gasteiger partial charge < -0.3 is 0 Å². The van der Waals surface area contributed by atoms with E-state index in [1.165, 1.54) is 12.1 Å². The SMILES string of the molecule is CS(=O)(=O)NCCCNS(=O)(=O)c1ccccc1F. The molecule has 19 heavy (non-hydrogen) atoms. The van der Waals surface area contributed by atoms with Crippen molar-refractivity contribution in [1.82, 2.24) is 9.44 Å². The molecule has 0 spiro atoms. The van der Waals surface area contributed by atoms with Gasteiger partial charge >= 0.3 is 0 Å². The van der Waals surface area contributed by atoms with Gasteiger partial charge in [0.2, 0.25) is 20.0 Å². The van der Waals surface area contributed by atoms with Crippen LogP contribution in [-0.4, -0.2) is 36.2 Å². The maximum absolute atomic E-state index is 13.3. The summed E-state index contributed by atoms with van der Waals surface area (Å²) in [5.74, 6) is -0.829. The van der Waals surface area contributed by atoms with Crippen molar-refractivity contribution in [3.63, 3.8) is 0 Å². The molecule has 0 saturated carbocycles. The van der Waals surface area contributed by atoms with Crippen molar-refractivity contribution >= 4 is 20.0 Å². The van der Waals surface area contributed by atoms with E-state index >= 15 is 0 Å². The summed E-state index contributed by atoms with van der Waals surface area (Å²) in [4.78, 5) is -0.425. The van der Waals surface area contributed by atoms with E-state index in [0.29, 0.717) is 0 Å². The molecule has 0 aliphatic carbocycles. The maximum Gasteiger partial charge on any atom is 0.243 e. The molecule has 9 heteroatoms. The fourth-order valence-electron chi connectivity index (χ4n) is 1.29. The Morgan fingerprint density at radius 1 is 1.05 bits per heavy atom. The van der Waals surface area contributed by atoms with Gasteiger partial charge in [-0.3, -0.25) is 0 Å². The monoisotopic (exact) mass is 310 g/mol. The second-order valence-corrected chi connectivity index (χ2v) is 7.42. The Morgan fingerprint density at radius 3 is 2.21 bits per heavy atom. The number of hydrogen-bond acceptors (Lipinski definition) is 4. The van der Waals surface area contributed by atoms with E-state index in [1.807, 2.05) is 0 Å². The van der Waals surface area contributed by atoms with Gasteiger partial charge in [0.1, 0.15) is 10.7 Å². The lowest BCUT2D eigenvalue weighted by Gasteiger charge is -2.07. The molecule has 0 saturated heterocycles. The number of halogens is 1. The smallest absolute Gasteiger partial charge is 0.215 e. The molecule has 0 radical (unpaired) electrons. The summed E-state index contributed by atoms with van der Waals surface area (Å²) in [5, 5.41) is 0. The van der Waals surface area contributed by atoms with E-state index in [-0.39, 0.29) is 19.5 Å². The predicted octanol–water partition coefficient (Wildman–Crippen LogP) is 0.0433. The third kappa shape index (κ3) is 5.64. The summed E-state index contributed by atoms with van der Waals surface area (Å²) in [6, 6.07) is 5.03. The predicted molar refractivity (Wildman–Crippen MR) is 69.1 cm³/mol. The Labute approximate surface area is 112 Å². The number of hydrogen-bond donors (Lipinski definition) is 2. The summed E-state index contributed by atoms with van der Waals surface area (Å²) in [6.45, 7) is 0.123. The molecule has 0 fully saturated rings. The molecule has 0 heterocycles. The number of nitrogens with one attached hydrogen (secondary N) is 2. The molecule has 1 aromatic carbocycles. The van der Waals surface area contributed by atoms with Crippen LogP contribution in [0, 0.1) is 5.82 Å². The summed E-state index contributed by atoms with van der Waals surface area (Å²) in [7, 11) is -7.20. The highest BCUT2D eigenvalue weighted by atomic mass is 32.2. The van der Waals surface area contributed by atoms with Crippen LogP contribution >= 0.6 is 0 Å². The lowest BCUT2D eigenvalue weighted by atomic mass is 10.4. The molecule has 0 aromatic heterocycles. The summed E-state index contributed by atoms with van der Waals surface area (Å²) < 4.78 is 62.7. The highest BCUT2D eigenvalue weighted by molar-refractivity contribution is 7.89. The molecule has 1 aromatic rings. The minimum atomic E-state index is -3.91. The molecular weight excluding hydrogens is 295 g/mol. The molecule has 0 amide bonds. The van der Waals surface area contributed by atoms with E-state index in [1.54, 1.807) is 0 Å². The third-order valence-corrected chi connectivity index (χ3v) is 4.36. The van der Waals surface area contributed by atoms with Crippen LogP contribution in [0.25, 0.3) is 0 Å². The highest BCUT2D eigenvalue weighted by Crippen LogP contribution is 2.12. The minimum absolute atomic E-state index is 0.0131. The van der Waals surface area contributed by atoms with E-state index in [9.17, 15) is 21.2 Å². The summed E-state index contributed by atoms with van der Waals surface area (Å²) >= 11 is 0. The van der Waals surface area contributed by atoms with Crippen molar-refractivity contribution in [1.29, 1.82) is 0 Å². The topological polar surface area (TPSA) is 92.3 Å². The number of rotatable bonds is 7. The number of sulfonamides is 2. The molecule has 6 nitrogen and oxygen atoms in total. The van der Waals surface area contributed by atoms with Crippen molar-refractivity contribution in [3.05, 3.63) is 30.1 Å². The molecule has 0 aliphatic rings. The maximum atomic E-state index is 13.3. The molecule has 0 bridgehead atoms. The first-order valence-electron chi connectivity index (χ1n) is 5.41. The fraction of sp³-hybridized carbons (Fsp3) is 0.400. The van der Waals surface area contributed by atoms with Gasteiger partial charge in [-0.15, -0.1) is 0 Å². The van der Waals surface area contributed by atoms with Crippen molar-refractivity contribution in [3.8, 4) is 0 Å². The lowest BCUT2D eigenvalue weighted by Crippen LogP contribution is -2.29. The van der Waals surface area contributed by atoms with Crippen LogP contribution in [0.5, 0.6) is 0 Å². The van der Waals surface area contributed by atoms with Crippen molar-refractivity contribution in [2.45, 2.75) is 11.3 Å². The Hall–Kier alpha value is -1.03. The van der Waals surface area contributed by atoms with Crippen LogP contribution in [0.15, 0.2) is 29.2 Å². The largest absolute Gasteiger partial charge is 0.243 e. The lowest BCUT2D eigenvalue weighted by molar-refractivity contribution is 0.555. The van der Waals surface area contributed by atoms with Gasteiger partial charge in [0.05, 0.1) is 6.26 Å². The Kier molecular flexibility index (Phi) is 5.41. The van der Waals surface area contributed by atoms with E-state index in [0.717, 1.165) is 18.4 Å². The fourth-order valence-corrected chi connectivity index (χ4v) is 2.96. The molecule has 2 N–H and O–H groups in total. The van der Waals surface area contributed by atoms with Gasteiger partial charge in [0, 0.05) is 13.1 Å². The van der Waals surface area contributed by atoms with E-state index < -0.39 is 30.8 Å². The average Bonchev–Trinajstić information content (AvgIpc) is 2.27. The van der Waals surface area contributed by atoms with Gasteiger partial charge in [-0.2, -0.15) is 0 Å². The van der Waals surface area contributed by atoms with Crippen molar-refractivity contribution in [2.75, 3.05) is 19.3 Å². The van der Waals surface area contributed by atoms with Crippen LogP contribution in [0.3, 0.4) is 0 Å². The normalized spacial score (nSPS) is 12.5. The summed E-state index contributed by atoms with van der Waals surface area (Å²) in [6.07, 6.45) is 1.28. The molecule has 0 aliphatic heterocycles. The zero-order valence-electron chi connectivity index (χ0n) is 10.3. The molecule has 108 valence electrons. The van der Waals surface area contributed by atoms with Gasteiger partial charge in [-0.1, -0.05) is 12.1 Å². The van der Waals surface area contributed by atoms with Gasteiger partial charge in [-0.05, 0) is 18.6 Å². The second kappa shape index (κ2) is 6.42. The Morgan fingerprint density at radius 2 is 1.63 bits per heavy atom. The van der Waals surface area contributed by atoms with Gasteiger partial charge in [-0.25, -0.2) is 30.7 Å². The standard InChI is InChI=1S/C10H15FN2O4S2/c1-18(14,15)12-7-4-8-13-19(16,17)10-6-3-2-5-9(10)11/h2-3,5-6,12-13H,4,7-8H2,1H3. The minimum Gasteiger partial charge on any atom is -0.215 e.